The van der Waals surface area contributed by atoms with Gasteiger partial charge in [0.15, 0.2) is 5.78 Å². The summed E-state index contributed by atoms with van der Waals surface area (Å²) in [6.07, 6.45) is -0.594. The van der Waals surface area contributed by atoms with Crippen LogP contribution in [-0.4, -0.2) is 24.1 Å². The number of carbonyl (C=O) groups excluding carboxylic acids is 3. The number of Topliss-reactive ketones (excluding diaryl/α,β-unsaturated/α-hetero) is 2. The molecule has 0 aromatic heterocycles. The largest absolute Gasteiger partial charge is 0.460 e. The number of rotatable bonds is 5. The summed E-state index contributed by atoms with van der Waals surface area (Å²) < 4.78 is 17.5. The molecule has 0 heterocycles. The van der Waals surface area contributed by atoms with Crippen molar-refractivity contribution in [3.63, 3.8) is 0 Å². The Morgan fingerprint density at radius 3 is 2.56 bits per heavy atom. The smallest absolute Gasteiger partial charge is 0.375 e. The number of carbonyl (C=O) groups is 3. The molecule has 0 spiro atoms. The molecular weight excluding hydrogens is 307 g/mol. The highest BCUT2D eigenvalue weighted by molar-refractivity contribution is 9.10. The van der Waals surface area contributed by atoms with Gasteiger partial charge in [-0.15, -0.1) is 0 Å². The first kappa shape index (κ1) is 14.5. The van der Waals surface area contributed by atoms with Crippen molar-refractivity contribution in [1.82, 2.24) is 0 Å². The number of esters is 1. The van der Waals surface area contributed by atoms with Gasteiger partial charge < -0.3 is 4.74 Å². The highest BCUT2D eigenvalue weighted by Crippen LogP contribution is 2.19. The molecular formula is C12H10BrFO4. The fourth-order valence-electron chi connectivity index (χ4n) is 1.24. The van der Waals surface area contributed by atoms with Crippen molar-refractivity contribution in [1.29, 1.82) is 0 Å². The molecule has 6 heteroatoms. The average molecular weight is 317 g/mol. The molecule has 18 heavy (non-hydrogen) atoms. The summed E-state index contributed by atoms with van der Waals surface area (Å²) in [6, 6.07) is 3.47. The molecule has 96 valence electrons. The third-order valence-corrected chi connectivity index (χ3v) is 2.71. The molecule has 1 aromatic rings. The third-order valence-electron chi connectivity index (χ3n) is 2.06. The molecule has 0 saturated carbocycles. The standard InChI is InChI=1S/C12H10BrFO4/c1-2-18-12(17)11(16)6-10(15)8-4-3-7(14)5-9(8)13/h3-5H,2,6H2,1H3. The lowest BCUT2D eigenvalue weighted by molar-refractivity contribution is -0.153. The van der Waals surface area contributed by atoms with E-state index < -0.39 is 29.8 Å². The number of hydrogen-bond donors (Lipinski definition) is 0. The van der Waals surface area contributed by atoms with E-state index in [2.05, 4.69) is 20.7 Å². The Balaban J connectivity index is 2.77. The number of hydrogen-bond acceptors (Lipinski definition) is 4. The first-order chi connectivity index (χ1) is 8.45. The zero-order valence-electron chi connectivity index (χ0n) is 9.54. The van der Waals surface area contributed by atoms with Gasteiger partial charge in [-0.25, -0.2) is 9.18 Å². The van der Waals surface area contributed by atoms with Crippen LogP contribution in [0, 0.1) is 5.82 Å². The summed E-state index contributed by atoms with van der Waals surface area (Å²) in [5.74, 6) is -3.03. The summed E-state index contributed by atoms with van der Waals surface area (Å²) in [6.45, 7) is 1.63. The van der Waals surface area contributed by atoms with Crippen LogP contribution in [0.1, 0.15) is 23.7 Å². The van der Waals surface area contributed by atoms with Crippen molar-refractivity contribution in [3.8, 4) is 0 Å². The molecule has 0 fully saturated rings. The van der Waals surface area contributed by atoms with Crippen LogP contribution in [0.3, 0.4) is 0 Å². The van der Waals surface area contributed by atoms with Crippen molar-refractivity contribution in [2.75, 3.05) is 6.61 Å². The fourth-order valence-corrected chi connectivity index (χ4v) is 1.81. The lowest BCUT2D eigenvalue weighted by atomic mass is 10.1. The van der Waals surface area contributed by atoms with E-state index in [0.29, 0.717) is 0 Å². The zero-order chi connectivity index (χ0) is 13.7. The van der Waals surface area contributed by atoms with E-state index in [1.165, 1.54) is 6.07 Å². The minimum atomic E-state index is -1.04. The maximum Gasteiger partial charge on any atom is 0.375 e. The molecule has 1 aromatic carbocycles. The van der Waals surface area contributed by atoms with Crippen LogP contribution < -0.4 is 0 Å². The quantitative estimate of drug-likeness (QED) is 0.362. The van der Waals surface area contributed by atoms with Crippen molar-refractivity contribution in [3.05, 3.63) is 34.1 Å². The van der Waals surface area contributed by atoms with Crippen molar-refractivity contribution in [2.45, 2.75) is 13.3 Å². The van der Waals surface area contributed by atoms with Gasteiger partial charge in [-0.1, -0.05) is 0 Å². The van der Waals surface area contributed by atoms with Crippen molar-refractivity contribution in [2.24, 2.45) is 0 Å². The number of ether oxygens (including phenoxy) is 1. The Morgan fingerprint density at radius 2 is 2.00 bits per heavy atom. The minimum absolute atomic E-state index is 0.0685. The van der Waals surface area contributed by atoms with E-state index in [9.17, 15) is 18.8 Å². The highest BCUT2D eigenvalue weighted by Gasteiger charge is 2.21. The van der Waals surface area contributed by atoms with E-state index in [-0.39, 0.29) is 16.6 Å². The van der Waals surface area contributed by atoms with Crippen LogP contribution in [0.4, 0.5) is 4.39 Å². The van der Waals surface area contributed by atoms with Crippen LogP contribution in [0.15, 0.2) is 22.7 Å². The van der Waals surface area contributed by atoms with E-state index in [1.807, 2.05) is 0 Å². The van der Waals surface area contributed by atoms with Gasteiger partial charge in [-0.3, -0.25) is 9.59 Å². The Kier molecular flexibility index (Phi) is 5.15. The normalized spacial score (nSPS) is 9.94. The first-order valence-corrected chi connectivity index (χ1v) is 5.93. The maximum absolute atomic E-state index is 12.8. The lowest BCUT2D eigenvalue weighted by Crippen LogP contribution is -2.20. The zero-order valence-corrected chi connectivity index (χ0v) is 11.1. The van der Waals surface area contributed by atoms with Gasteiger partial charge in [-0.05, 0) is 41.1 Å². The maximum atomic E-state index is 12.8. The summed E-state index contributed by atoms with van der Waals surface area (Å²) in [4.78, 5) is 34.1. The summed E-state index contributed by atoms with van der Waals surface area (Å²) >= 11 is 3.02. The van der Waals surface area contributed by atoms with Gasteiger partial charge in [0.2, 0.25) is 5.78 Å². The second kappa shape index (κ2) is 6.39. The Bertz CT molecular complexity index is 499. The molecule has 0 amide bonds. The molecule has 0 radical (unpaired) electrons. The molecule has 1 rings (SSSR count). The molecule has 0 unspecified atom stereocenters. The summed E-state index contributed by atoms with van der Waals surface area (Å²) in [5, 5.41) is 0. The number of halogens is 2. The van der Waals surface area contributed by atoms with Crippen molar-refractivity contribution >= 4 is 33.5 Å². The Hall–Kier alpha value is -1.56. The van der Waals surface area contributed by atoms with Crippen LogP contribution in [0.25, 0.3) is 0 Å². The first-order valence-electron chi connectivity index (χ1n) is 5.14. The van der Waals surface area contributed by atoms with E-state index in [0.717, 1.165) is 12.1 Å². The van der Waals surface area contributed by atoms with Crippen LogP contribution >= 0.6 is 15.9 Å². The van der Waals surface area contributed by atoms with Gasteiger partial charge in [-0.2, -0.15) is 0 Å². The van der Waals surface area contributed by atoms with Crippen LogP contribution in [0.2, 0.25) is 0 Å². The predicted molar refractivity (Wildman–Crippen MR) is 64.7 cm³/mol. The fraction of sp³-hybridized carbons (Fsp3) is 0.250. The molecule has 0 bridgehead atoms. The van der Waals surface area contributed by atoms with E-state index >= 15 is 0 Å². The van der Waals surface area contributed by atoms with Gasteiger partial charge in [0.05, 0.1) is 13.0 Å². The highest BCUT2D eigenvalue weighted by atomic mass is 79.9. The van der Waals surface area contributed by atoms with Gasteiger partial charge in [0, 0.05) is 10.0 Å². The Labute approximate surface area is 111 Å². The lowest BCUT2D eigenvalue weighted by Gasteiger charge is -2.03. The molecule has 0 N–H and O–H groups in total. The number of benzene rings is 1. The SMILES string of the molecule is CCOC(=O)C(=O)CC(=O)c1ccc(F)cc1Br. The molecule has 0 aliphatic carbocycles. The van der Waals surface area contributed by atoms with Gasteiger partial charge >= 0.3 is 5.97 Å². The topological polar surface area (TPSA) is 60.4 Å². The predicted octanol–water partition coefficient (Wildman–Crippen LogP) is 2.29. The molecule has 0 aliphatic rings. The molecule has 4 nitrogen and oxygen atoms in total. The van der Waals surface area contributed by atoms with Gasteiger partial charge in [0.1, 0.15) is 5.82 Å². The average Bonchev–Trinajstić information content (AvgIpc) is 2.28. The molecule has 0 atom stereocenters. The molecule has 0 saturated heterocycles. The third kappa shape index (κ3) is 3.73. The monoisotopic (exact) mass is 316 g/mol. The summed E-state index contributed by atoms with van der Waals surface area (Å²) in [5.41, 5.74) is 0.147. The summed E-state index contributed by atoms with van der Waals surface area (Å²) in [7, 11) is 0. The second-order valence-corrected chi connectivity index (χ2v) is 4.22. The molecule has 0 aliphatic heterocycles. The Morgan fingerprint density at radius 1 is 1.33 bits per heavy atom. The number of ketones is 2. The van der Waals surface area contributed by atoms with E-state index in [1.54, 1.807) is 6.92 Å². The van der Waals surface area contributed by atoms with E-state index in [4.69, 9.17) is 0 Å². The second-order valence-electron chi connectivity index (χ2n) is 3.37. The van der Waals surface area contributed by atoms with Crippen LogP contribution in [0.5, 0.6) is 0 Å². The van der Waals surface area contributed by atoms with Crippen LogP contribution in [-0.2, 0) is 14.3 Å². The minimum Gasteiger partial charge on any atom is -0.460 e. The van der Waals surface area contributed by atoms with Crippen molar-refractivity contribution < 1.29 is 23.5 Å². The van der Waals surface area contributed by atoms with Gasteiger partial charge in [0.25, 0.3) is 0 Å².